The van der Waals surface area contributed by atoms with Crippen LogP contribution in [0.1, 0.15) is 44.4 Å². The van der Waals surface area contributed by atoms with Crippen LogP contribution in [0, 0.1) is 13.8 Å². The predicted octanol–water partition coefficient (Wildman–Crippen LogP) is 3.00. The highest BCUT2D eigenvalue weighted by Crippen LogP contribution is 2.37. The summed E-state index contributed by atoms with van der Waals surface area (Å²) in [5, 5.41) is 3.83. The summed E-state index contributed by atoms with van der Waals surface area (Å²) in [5.74, 6) is 0. The monoisotopic (exact) mass is 302 g/mol. The lowest BCUT2D eigenvalue weighted by atomic mass is 9.74. The molecule has 0 saturated carbocycles. The van der Waals surface area contributed by atoms with Gasteiger partial charge in [0.05, 0.1) is 11.2 Å². The van der Waals surface area contributed by atoms with Gasteiger partial charge in [0.2, 0.25) is 0 Å². The Morgan fingerprint density at radius 2 is 1.73 bits per heavy atom. The van der Waals surface area contributed by atoms with Crippen LogP contribution in [-0.4, -0.2) is 18.3 Å². The van der Waals surface area contributed by atoms with Gasteiger partial charge in [-0.2, -0.15) is 0 Å². The maximum Gasteiger partial charge on any atom is 0.495 e. The van der Waals surface area contributed by atoms with Gasteiger partial charge in [0.15, 0.2) is 0 Å². The lowest BCUT2D eigenvalue weighted by Crippen LogP contribution is -2.41. The van der Waals surface area contributed by atoms with Crippen molar-refractivity contribution in [2.45, 2.75) is 59.3 Å². The minimum atomic E-state index is -0.497. The number of rotatable bonds is 3. The van der Waals surface area contributed by atoms with E-state index in [1.54, 1.807) is 0 Å². The van der Waals surface area contributed by atoms with E-state index in [9.17, 15) is 0 Å². The van der Waals surface area contributed by atoms with Crippen LogP contribution in [-0.2, 0) is 15.9 Å². The van der Waals surface area contributed by atoms with E-state index >= 15 is 0 Å². The van der Waals surface area contributed by atoms with E-state index in [0.29, 0.717) is 12.2 Å². The Balaban J connectivity index is 2.58. The molecular formula is C15H23BN4O2. The first-order valence-electron chi connectivity index (χ1n) is 7.38. The van der Waals surface area contributed by atoms with Crippen molar-refractivity contribution in [2.75, 3.05) is 0 Å². The van der Waals surface area contributed by atoms with E-state index in [1.807, 2.05) is 47.6 Å². The molecule has 0 amide bonds. The maximum atomic E-state index is 8.82. The topological polar surface area (TPSA) is 93.2 Å². The summed E-state index contributed by atoms with van der Waals surface area (Å²) in [7, 11) is -0.497. The van der Waals surface area contributed by atoms with Gasteiger partial charge in [-0.15, -0.1) is 0 Å². The first kappa shape index (κ1) is 16.8. The number of hydrogen-bond acceptors (Lipinski definition) is 4. The third-order valence-electron chi connectivity index (χ3n) is 4.83. The van der Waals surface area contributed by atoms with Crippen LogP contribution in [0.5, 0.6) is 0 Å². The molecule has 6 nitrogen and oxygen atoms in total. The lowest BCUT2D eigenvalue weighted by molar-refractivity contribution is 0.00578. The second-order valence-electron chi connectivity index (χ2n) is 6.71. The van der Waals surface area contributed by atoms with Crippen molar-refractivity contribution in [3.8, 4) is 0 Å². The smallest absolute Gasteiger partial charge is 0.399 e. The van der Waals surface area contributed by atoms with Gasteiger partial charge in [0.1, 0.15) is 0 Å². The Bertz CT molecular complexity index is 635. The van der Waals surface area contributed by atoms with Crippen LogP contribution in [0.4, 0.5) is 5.69 Å². The normalized spacial score (nSPS) is 19.1. The van der Waals surface area contributed by atoms with Gasteiger partial charge < -0.3 is 15.0 Å². The van der Waals surface area contributed by atoms with Crippen LogP contribution in [0.25, 0.3) is 10.4 Å². The van der Waals surface area contributed by atoms with Crippen molar-refractivity contribution in [1.29, 1.82) is 0 Å². The molecule has 1 aliphatic rings. The van der Waals surface area contributed by atoms with Crippen molar-refractivity contribution >= 4 is 18.3 Å². The van der Waals surface area contributed by atoms with Crippen molar-refractivity contribution in [1.82, 2.24) is 0 Å². The van der Waals surface area contributed by atoms with Gasteiger partial charge in [0.25, 0.3) is 0 Å². The minimum Gasteiger partial charge on any atom is -0.399 e. The molecule has 2 N–H and O–H groups in total. The first-order valence-corrected chi connectivity index (χ1v) is 7.38. The van der Waals surface area contributed by atoms with Crippen LogP contribution >= 0.6 is 0 Å². The third-order valence-corrected chi connectivity index (χ3v) is 4.83. The van der Waals surface area contributed by atoms with Crippen molar-refractivity contribution in [3.63, 3.8) is 0 Å². The first-order chi connectivity index (χ1) is 10.1. The molecule has 0 bridgehead atoms. The molecule has 1 aliphatic heterocycles. The van der Waals surface area contributed by atoms with Gasteiger partial charge >= 0.3 is 7.12 Å². The molecule has 0 atom stereocenters. The second-order valence-corrected chi connectivity index (χ2v) is 6.71. The molecule has 1 heterocycles. The van der Waals surface area contributed by atoms with Gasteiger partial charge in [-0.25, -0.2) is 0 Å². The molecule has 0 spiro atoms. The van der Waals surface area contributed by atoms with Crippen LogP contribution < -0.4 is 11.2 Å². The molecule has 0 aliphatic carbocycles. The van der Waals surface area contributed by atoms with E-state index in [2.05, 4.69) is 10.0 Å². The standard InChI is InChI=1S/C15H23BN4O2/c1-9-11(8-17)7-12(10(2)13(9)19-20-18)16-21-14(3,4)15(5,6)22-16/h7H,8,17H2,1-6H3. The molecule has 7 heteroatoms. The summed E-state index contributed by atoms with van der Waals surface area (Å²) in [5.41, 5.74) is 18.0. The Kier molecular flexibility index (Phi) is 4.28. The maximum absolute atomic E-state index is 8.82. The number of nitrogens with zero attached hydrogens (tertiary/aromatic N) is 3. The molecular weight excluding hydrogens is 279 g/mol. The highest BCUT2D eigenvalue weighted by molar-refractivity contribution is 6.62. The largest absolute Gasteiger partial charge is 0.495 e. The molecule has 1 aromatic carbocycles. The Hall–Kier alpha value is -1.53. The fraction of sp³-hybridized carbons (Fsp3) is 0.600. The SMILES string of the molecule is Cc1c(CN)cc(B2OC(C)(C)C(C)(C)O2)c(C)c1N=[N+]=[N-]. The van der Waals surface area contributed by atoms with Gasteiger partial charge in [0, 0.05) is 17.1 Å². The van der Waals surface area contributed by atoms with E-state index in [4.69, 9.17) is 20.6 Å². The lowest BCUT2D eigenvalue weighted by Gasteiger charge is -2.32. The summed E-state index contributed by atoms with van der Waals surface area (Å²) < 4.78 is 12.2. The van der Waals surface area contributed by atoms with Crippen molar-refractivity contribution in [2.24, 2.45) is 10.8 Å². The molecule has 118 valence electrons. The van der Waals surface area contributed by atoms with Gasteiger partial charge in [-0.1, -0.05) is 11.2 Å². The molecule has 0 radical (unpaired) electrons. The zero-order valence-corrected chi connectivity index (χ0v) is 14.1. The van der Waals surface area contributed by atoms with E-state index < -0.39 is 18.3 Å². The molecule has 1 fully saturated rings. The van der Waals surface area contributed by atoms with Crippen LogP contribution in [0.2, 0.25) is 0 Å². The molecule has 1 aromatic rings. The van der Waals surface area contributed by atoms with Crippen LogP contribution in [0.15, 0.2) is 11.2 Å². The predicted molar refractivity (Wildman–Crippen MR) is 88.3 cm³/mol. The third kappa shape index (κ3) is 2.61. The molecule has 1 saturated heterocycles. The van der Waals surface area contributed by atoms with E-state index in [1.165, 1.54) is 0 Å². The number of benzene rings is 1. The summed E-state index contributed by atoms with van der Waals surface area (Å²) in [4.78, 5) is 2.93. The highest BCUT2D eigenvalue weighted by Gasteiger charge is 2.52. The summed E-state index contributed by atoms with van der Waals surface area (Å²) in [6.07, 6.45) is 0. The summed E-state index contributed by atoms with van der Waals surface area (Å²) >= 11 is 0. The van der Waals surface area contributed by atoms with Gasteiger partial charge in [-0.3, -0.25) is 0 Å². The van der Waals surface area contributed by atoms with E-state index in [-0.39, 0.29) is 0 Å². The summed E-state index contributed by atoms with van der Waals surface area (Å²) in [6, 6.07) is 1.99. The van der Waals surface area contributed by atoms with Crippen molar-refractivity contribution in [3.05, 3.63) is 33.2 Å². The Labute approximate surface area is 131 Å². The number of nitrogens with two attached hydrogens (primary N) is 1. The molecule has 2 rings (SSSR count). The minimum absolute atomic E-state index is 0.368. The second kappa shape index (κ2) is 5.59. The van der Waals surface area contributed by atoms with Crippen LogP contribution in [0.3, 0.4) is 0 Å². The number of hydrogen-bond donors (Lipinski definition) is 1. The molecule has 22 heavy (non-hydrogen) atoms. The summed E-state index contributed by atoms with van der Waals surface area (Å²) in [6.45, 7) is 12.2. The number of azide groups is 1. The fourth-order valence-corrected chi connectivity index (χ4v) is 2.60. The quantitative estimate of drug-likeness (QED) is 0.402. The Morgan fingerprint density at radius 1 is 1.18 bits per heavy atom. The van der Waals surface area contributed by atoms with E-state index in [0.717, 1.165) is 22.2 Å². The Morgan fingerprint density at radius 3 is 2.18 bits per heavy atom. The highest BCUT2D eigenvalue weighted by atomic mass is 16.7. The average molecular weight is 302 g/mol. The average Bonchev–Trinajstić information content (AvgIpc) is 2.63. The zero-order valence-electron chi connectivity index (χ0n) is 14.1. The van der Waals surface area contributed by atoms with Gasteiger partial charge in [-0.05, 0) is 69.2 Å². The fourth-order valence-electron chi connectivity index (χ4n) is 2.60. The molecule has 0 unspecified atom stereocenters. The zero-order chi connectivity index (χ0) is 16.7. The molecule has 0 aromatic heterocycles. The van der Waals surface area contributed by atoms with Crippen molar-refractivity contribution < 1.29 is 9.31 Å².